The van der Waals surface area contributed by atoms with Gasteiger partial charge in [-0.25, -0.2) is 9.80 Å². The van der Waals surface area contributed by atoms with E-state index in [1.54, 1.807) is 25.3 Å². The summed E-state index contributed by atoms with van der Waals surface area (Å²) in [6.07, 6.45) is 0.219. The van der Waals surface area contributed by atoms with E-state index in [4.69, 9.17) is 30.9 Å². The Balaban J connectivity index is 1.60. The van der Waals surface area contributed by atoms with Gasteiger partial charge in [0.15, 0.2) is 11.5 Å². The van der Waals surface area contributed by atoms with Gasteiger partial charge in [-0.1, -0.05) is 54.1 Å². The number of carbonyl (C=O) groups excluding carboxylic acids is 1. The van der Waals surface area contributed by atoms with Gasteiger partial charge in [-0.05, 0) is 23.8 Å². The molecule has 5 rings (SSSR count). The average molecular weight is 449 g/mol. The molecular weight excluding hydrogens is 428 g/mol. The van der Waals surface area contributed by atoms with E-state index in [0.717, 1.165) is 22.4 Å². The number of ether oxygens (including phenoxy) is 3. The van der Waals surface area contributed by atoms with Gasteiger partial charge >= 0.3 is 5.97 Å². The number of hydrazone groups is 1. The molecular formula is C25H21ClN2O4. The maximum absolute atomic E-state index is 11.8. The highest BCUT2D eigenvalue weighted by Crippen LogP contribution is 2.51. The fourth-order valence-electron chi connectivity index (χ4n) is 4.20. The summed E-state index contributed by atoms with van der Waals surface area (Å²) in [5, 5.41) is 7.49. The molecule has 0 amide bonds. The largest absolute Gasteiger partial charge is 0.493 e. The minimum absolute atomic E-state index is 0.0631. The Hall–Kier alpha value is -3.51. The third-order valence-electron chi connectivity index (χ3n) is 5.76. The van der Waals surface area contributed by atoms with Crippen LogP contribution in [-0.2, 0) is 4.74 Å². The van der Waals surface area contributed by atoms with Crippen LogP contribution < -0.4 is 9.47 Å². The zero-order chi connectivity index (χ0) is 22.2. The number of nitrogens with zero attached hydrogens (tertiary/aromatic N) is 2. The van der Waals surface area contributed by atoms with Gasteiger partial charge in [0.2, 0.25) is 6.23 Å². The summed E-state index contributed by atoms with van der Waals surface area (Å²) in [7, 11) is 2.96. The van der Waals surface area contributed by atoms with Crippen molar-refractivity contribution in [3.63, 3.8) is 0 Å². The van der Waals surface area contributed by atoms with Crippen molar-refractivity contribution >= 4 is 23.3 Å². The maximum Gasteiger partial charge on any atom is 0.337 e. The van der Waals surface area contributed by atoms with Crippen LogP contribution in [0.25, 0.3) is 0 Å². The summed E-state index contributed by atoms with van der Waals surface area (Å²) < 4.78 is 16.8. The Labute approximate surface area is 191 Å². The van der Waals surface area contributed by atoms with Crippen molar-refractivity contribution in [2.24, 2.45) is 5.10 Å². The minimum atomic E-state index is -0.490. The van der Waals surface area contributed by atoms with Crippen molar-refractivity contribution in [2.75, 3.05) is 14.2 Å². The van der Waals surface area contributed by atoms with Gasteiger partial charge in [-0.2, -0.15) is 5.10 Å². The highest BCUT2D eigenvalue weighted by atomic mass is 35.5. The summed E-state index contributed by atoms with van der Waals surface area (Å²) >= 11 is 6.38. The highest BCUT2D eigenvalue weighted by molar-refractivity contribution is 6.30. The number of hydrogen-bond donors (Lipinski definition) is 0. The average Bonchev–Trinajstić information content (AvgIpc) is 3.29. The van der Waals surface area contributed by atoms with E-state index in [9.17, 15) is 4.79 Å². The van der Waals surface area contributed by atoms with Gasteiger partial charge in [-0.15, -0.1) is 0 Å². The lowest BCUT2D eigenvalue weighted by molar-refractivity contribution is -0.0209. The van der Waals surface area contributed by atoms with Crippen molar-refractivity contribution in [3.8, 4) is 11.5 Å². The number of rotatable bonds is 4. The molecule has 0 N–H and O–H groups in total. The molecule has 0 radical (unpaired) electrons. The Morgan fingerprint density at radius 2 is 1.84 bits per heavy atom. The zero-order valence-electron chi connectivity index (χ0n) is 17.6. The van der Waals surface area contributed by atoms with Crippen LogP contribution in [0.2, 0.25) is 5.02 Å². The normalized spacial score (nSPS) is 18.8. The molecule has 0 aliphatic carbocycles. The summed E-state index contributed by atoms with van der Waals surface area (Å²) in [5.74, 6) is 0.854. The van der Waals surface area contributed by atoms with E-state index < -0.39 is 6.23 Å². The van der Waals surface area contributed by atoms with Crippen molar-refractivity contribution < 1.29 is 19.0 Å². The van der Waals surface area contributed by atoms with Gasteiger partial charge in [-0.3, -0.25) is 0 Å². The molecule has 0 bridgehead atoms. The fourth-order valence-corrected chi connectivity index (χ4v) is 4.42. The Bertz CT molecular complexity index is 1190. The number of esters is 1. The Morgan fingerprint density at radius 1 is 1.09 bits per heavy atom. The van der Waals surface area contributed by atoms with Crippen LogP contribution in [0.3, 0.4) is 0 Å². The lowest BCUT2D eigenvalue weighted by atomic mass is 9.95. The van der Waals surface area contributed by atoms with Gasteiger partial charge in [0.1, 0.15) is 0 Å². The lowest BCUT2D eigenvalue weighted by Crippen LogP contribution is -2.34. The number of methoxy groups -OCH3 is 2. The quantitative estimate of drug-likeness (QED) is 0.501. The first-order valence-corrected chi connectivity index (χ1v) is 10.6. The molecule has 3 aromatic rings. The minimum Gasteiger partial charge on any atom is -0.493 e. The second kappa shape index (κ2) is 8.20. The molecule has 162 valence electrons. The van der Waals surface area contributed by atoms with Crippen molar-refractivity contribution in [2.45, 2.75) is 18.7 Å². The predicted molar refractivity (Wildman–Crippen MR) is 121 cm³/mol. The molecule has 0 fully saturated rings. The third kappa shape index (κ3) is 3.46. The molecule has 2 aliphatic rings. The molecule has 3 aromatic carbocycles. The number of hydrogen-bond acceptors (Lipinski definition) is 6. The molecule has 7 heteroatoms. The monoisotopic (exact) mass is 448 g/mol. The molecule has 0 spiro atoms. The van der Waals surface area contributed by atoms with E-state index in [1.165, 1.54) is 7.11 Å². The molecule has 2 heterocycles. The van der Waals surface area contributed by atoms with Crippen LogP contribution in [0.5, 0.6) is 11.5 Å². The molecule has 32 heavy (non-hydrogen) atoms. The second-order valence-electron chi connectivity index (χ2n) is 7.62. The van der Waals surface area contributed by atoms with Gasteiger partial charge in [0.25, 0.3) is 0 Å². The van der Waals surface area contributed by atoms with Crippen LogP contribution in [0, 0.1) is 0 Å². The van der Waals surface area contributed by atoms with E-state index >= 15 is 0 Å². The van der Waals surface area contributed by atoms with E-state index in [-0.39, 0.29) is 12.0 Å². The number of benzene rings is 3. The summed E-state index contributed by atoms with van der Waals surface area (Å²) in [5.41, 5.74) is 4.32. The topological polar surface area (TPSA) is 60.4 Å². The fraction of sp³-hybridized carbons (Fsp3) is 0.200. The lowest BCUT2D eigenvalue weighted by Gasteiger charge is -2.38. The summed E-state index contributed by atoms with van der Waals surface area (Å²) in [4.78, 5) is 11.8. The van der Waals surface area contributed by atoms with Crippen LogP contribution in [-0.4, -0.2) is 30.9 Å². The molecule has 0 unspecified atom stereocenters. The van der Waals surface area contributed by atoms with E-state index in [0.29, 0.717) is 28.5 Å². The first-order valence-electron chi connectivity index (χ1n) is 10.2. The first-order chi connectivity index (χ1) is 15.6. The Kier molecular flexibility index (Phi) is 5.23. The van der Waals surface area contributed by atoms with E-state index in [2.05, 4.69) is 12.1 Å². The number of fused-ring (bicyclic) bond motifs is 3. The third-order valence-corrected chi connectivity index (χ3v) is 5.98. The Morgan fingerprint density at radius 3 is 2.53 bits per heavy atom. The molecule has 6 nitrogen and oxygen atoms in total. The summed E-state index contributed by atoms with van der Waals surface area (Å²) in [6.45, 7) is 0. The molecule has 2 atom stereocenters. The molecule has 0 saturated heterocycles. The summed E-state index contributed by atoms with van der Waals surface area (Å²) in [6, 6.07) is 20.9. The van der Waals surface area contributed by atoms with Gasteiger partial charge in [0.05, 0.1) is 31.5 Å². The standard InChI is InChI=1S/C25H21ClN2O4/c1-30-22-13-18(26)12-19-21-14-20(15-6-4-3-5-7-15)27-28(21)24(32-23(19)22)16-8-10-17(11-9-16)25(29)31-2/h3-13,21,24H,14H2,1-2H3/t21-,24+/m1/s1. The van der Waals surface area contributed by atoms with Crippen molar-refractivity contribution in [3.05, 3.63) is 94.0 Å². The predicted octanol–water partition coefficient (Wildman–Crippen LogP) is 5.38. The van der Waals surface area contributed by atoms with Crippen LogP contribution in [0.15, 0.2) is 71.8 Å². The van der Waals surface area contributed by atoms with Crippen LogP contribution in [0.4, 0.5) is 0 Å². The maximum atomic E-state index is 11.8. The van der Waals surface area contributed by atoms with E-state index in [1.807, 2.05) is 41.4 Å². The second-order valence-corrected chi connectivity index (χ2v) is 8.06. The van der Waals surface area contributed by atoms with Crippen molar-refractivity contribution in [1.29, 1.82) is 0 Å². The smallest absolute Gasteiger partial charge is 0.337 e. The molecule has 0 saturated carbocycles. The van der Waals surface area contributed by atoms with Crippen LogP contribution >= 0.6 is 11.6 Å². The highest BCUT2D eigenvalue weighted by Gasteiger charge is 2.42. The molecule has 0 aromatic heterocycles. The van der Waals surface area contributed by atoms with Gasteiger partial charge in [0, 0.05) is 28.6 Å². The number of carbonyl (C=O) groups is 1. The van der Waals surface area contributed by atoms with Gasteiger partial charge < -0.3 is 14.2 Å². The SMILES string of the molecule is COC(=O)c1ccc([C@@H]2Oc3c(OC)cc(Cl)cc3[C@H]3CC(c4ccccc4)=NN32)cc1. The molecule has 2 aliphatic heterocycles. The first kappa shape index (κ1) is 20.4. The van der Waals surface area contributed by atoms with Crippen molar-refractivity contribution in [1.82, 2.24) is 5.01 Å². The zero-order valence-corrected chi connectivity index (χ0v) is 18.4. The number of halogens is 1. The van der Waals surface area contributed by atoms with Crippen LogP contribution in [0.1, 0.15) is 45.7 Å².